The molecule has 138 valence electrons. The smallest absolute Gasteiger partial charge is 0.254 e. The van der Waals surface area contributed by atoms with E-state index in [9.17, 15) is 18.0 Å². The van der Waals surface area contributed by atoms with E-state index in [-0.39, 0.29) is 23.4 Å². The molecule has 1 saturated heterocycles. The molecule has 9 heteroatoms. The van der Waals surface area contributed by atoms with Gasteiger partial charge in [0, 0.05) is 24.8 Å². The maximum absolute atomic E-state index is 12.6. The Labute approximate surface area is 152 Å². The summed E-state index contributed by atoms with van der Waals surface area (Å²) in [5.41, 5.74) is -0.561. The molecular weight excluding hydrogens is 366 g/mol. The number of hydrogen-bond acceptors (Lipinski definition) is 5. The predicted molar refractivity (Wildman–Crippen MR) is 94.7 cm³/mol. The number of pyridine rings is 1. The molecule has 0 bridgehead atoms. The van der Waals surface area contributed by atoms with Gasteiger partial charge in [0.05, 0.1) is 11.2 Å². The highest BCUT2D eigenvalue weighted by Gasteiger charge is 2.40. The second kappa shape index (κ2) is 7.70. The highest BCUT2D eigenvalue weighted by molar-refractivity contribution is 7.90. The molecule has 1 unspecified atom stereocenters. The van der Waals surface area contributed by atoms with Crippen molar-refractivity contribution in [2.24, 2.45) is 5.41 Å². The largest absolute Gasteiger partial charge is 0.338 e. The second-order valence-corrected chi connectivity index (χ2v) is 8.74. The average Bonchev–Trinajstić information content (AvgIpc) is 2.53. The zero-order valence-corrected chi connectivity index (χ0v) is 15.9. The van der Waals surface area contributed by atoms with Crippen molar-refractivity contribution < 1.29 is 18.0 Å². The van der Waals surface area contributed by atoms with Gasteiger partial charge in [-0.25, -0.2) is 13.4 Å². The van der Waals surface area contributed by atoms with Crippen LogP contribution in [-0.2, 0) is 14.8 Å². The molecule has 25 heavy (non-hydrogen) atoms. The number of sulfonamides is 1. The Morgan fingerprint density at radius 2 is 2.16 bits per heavy atom. The number of rotatable bonds is 5. The number of halogens is 1. The monoisotopic (exact) mass is 387 g/mol. The first-order valence-corrected chi connectivity index (χ1v) is 10.2. The molecule has 7 nitrogen and oxygen atoms in total. The van der Waals surface area contributed by atoms with E-state index in [1.807, 2.05) is 0 Å². The summed E-state index contributed by atoms with van der Waals surface area (Å²) < 4.78 is 25.9. The minimum atomic E-state index is -3.64. The van der Waals surface area contributed by atoms with E-state index in [0.717, 1.165) is 0 Å². The molecule has 0 radical (unpaired) electrons. The van der Waals surface area contributed by atoms with Gasteiger partial charge < -0.3 is 4.90 Å². The number of likely N-dealkylation sites (tertiary alicyclic amines) is 1. The maximum atomic E-state index is 12.6. The zero-order chi connectivity index (χ0) is 18.7. The molecule has 1 aromatic rings. The summed E-state index contributed by atoms with van der Waals surface area (Å²) >= 11 is 5.82. The Morgan fingerprint density at radius 3 is 2.80 bits per heavy atom. The third-order valence-electron chi connectivity index (χ3n) is 4.23. The first-order valence-electron chi connectivity index (χ1n) is 8.12. The lowest BCUT2D eigenvalue weighted by Crippen LogP contribution is -2.53. The van der Waals surface area contributed by atoms with Crippen molar-refractivity contribution in [1.82, 2.24) is 14.6 Å². The second-order valence-electron chi connectivity index (χ2n) is 6.51. The number of carbonyl (C=O) groups is 2. The molecule has 0 saturated carbocycles. The van der Waals surface area contributed by atoms with Crippen LogP contribution < -0.4 is 4.72 Å². The van der Waals surface area contributed by atoms with Gasteiger partial charge in [0.15, 0.2) is 0 Å². The number of amides is 2. The molecule has 1 aliphatic heterocycles. The highest BCUT2D eigenvalue weighted by Crippen LogP contribution is 2.31. The van der Waals surface area contributed by atoms with Gasteiger partial charge >= 0.3 is 0 Å². The molecule has 1 atom stereocenters. The first kappa shape index (κ1) is 19.7. The van der Waals surface area contributed by atoms with E-state index in [0.29, 0.717) is 31.4 Å². The Bertz CT molecular complexity index is 768. The molecule has 0 aromatic carbocycles. The van der Waals surface area contributed by atoms with Gasteiger partial charge in [0.1, 0.15) is 5.15 Å². The lowest BCUT2D eigenvalue weighted by molar-refractivity contribution is -0.130. The summed E-state index contributed by atoms with van der Waals surface area (Å²) in [6.45, 7) is 4.07. The van der Waals surface area contributed by atoms with Gasteiger partial charge in [-0.2, -0.15) is 0 Å². The number of nitrogens with one attached hydrogen (secondary N) is 1. The molecule has 2 rings (SSSR count). The number of piperidine rings is 1. The van der Waals surface area contributed by atoms with Crippen molar-refractivity contribution in [2.45, 2.75) is 33.1 Å². The molecule has 0 aliphatic carbocycles. The van der Waals surface area contributed by atoms with Gasteiger partial charge in [-0.15, -0.1) is 0 Å². The normalized spacial score (nSPS) is 21.0. The molecule has 0 spiro atoms. The van der Waals surface area contributed by atoms with Crippen molar-refractivity contribution in [3.05, 3.63) is 29.0 Å². The fourth-order valence-electron chi connectivity index (χ4n) is 2.90. The molecular formula is C16H22ClN3O4S. The molecule has 1 N–H and O–H groups in total. The van der Waals surface area contributed by atoms with Crippen LogP contribution in [0.5, 0.6) is 0 Å². The minimum absolute atomic E-state index is 0.104. The van der Waals surface area contributed by atoms with Crippen molar-refractivity contribution in [3.63, 3.8) is 0 Å². The van der Waals surface area contributed by atoms with E-state index in [4.69, 9.17) is 11.6 Å². The van der Waals surface area contributed by atoms with Crippen LogP contribution in [0.15, 0.2) is 18.3 Å². The number of nitrogens with zero attached hydrogens (tertiary/aromatic N) is 2. The lowest BCUT2D eigenvalue weighted by Gasteiger charge is -2.39. The van der Waals surface area contributed by atoms with E-state index in [1.165, 1.54) is 12.3 Å². The van der Waals surface area contributed by atoms with Gasteiger partial charge in [-0.1, -0.05) is 18.5 Å². The number of carbonyl (C=O) groups excluding carboxylic acids is 2. The SMILES string of the molecule is CCCS(=O)(=O)NC(=O)C1(C)CCCN(C(=O)c2ccnc(Cl)c2)C1. The zero-order valence-electron chi connectivity index (χ0n) is 14.3. The van der Waals surface area contributed by atoms with Gasteiger partial charge in [-0.05, 0) is 38.3 Å². The lowest BCUT2D eigenvalue weighted by atomic mass is 9.81. The summed E-state index contributed by atoms with van der Waals surface area (Å²) in [6.07, 6.45) is 3.00. The Kier molecular flexibility index (Phi) is 6.05. The molecule has 1 aliphatic rings. The molecule has 1 aromatic heterocycles. The van der Waals surface area contributed by atoms with Gasteiger partial charge in [0.2, 0.25) is 15.9 Å². The van der Waals surface area contributed by atoms with Crippen LogP contribution in [0.1, 0.15) is 43.5 Å². The van der Waals surface area contributed by atoms with E-state index in [2.05, 4.69) is 9.71 Å². The number of hydrogen-bond donors (Lipinski definition) is 1. The van der Waals surface area contributed by atoms with Crippen LogP contribution in [0.25, 0.3) is 0 Å². The van der Waals surface area contributed by atoms with Crippen LogP contribution in [0.2, 0.25) is 5.15 Å². The van der Waals surface area contributed by atoms with E-state index < -0.39 is 21.3 Å². The third kappa shape index (κ3) is 4.92. The first-order chi connectivity index (χ1) is 11.7. The predicted octanol–water partition coefficient (Wildman–Crippen LogP) is 1.83. The van der Waals surface area contributed by atoms with Crippen molar-refractivity contribution in [2.75, 3.05) is 18.8 Å². The quantitative estimate of drug-likeness (QED) is 0.777. The van der Waals surface area contributed by atoms with Crippen LogP contribution in [-0.4, -0.2) is 49.0 Å². The van der Waals surface area contributed by atoms with E-state index in [1.54, 1.807) is 24.8 Å². The average molecular weight is 388 g/mol. The third-order valence-corrected chi connectivity index (χ3v) is 5.88. The number of aromatic nitrogens is 1. The van der Waals surface area contributed by atoms with Gasteiger partial charge in [0.25, 0.3) is 5.91 Å². The minimum Gasteiger partial charge on any atom is -0.338 e. The highest BCUT2D eigenvalue weighted by atomic mass is 35.5. The molecule has 2 amide bonds. The van der Waals surface area contributed by atoms with Crippen LogP contribution in [0.4, 0.5) is 0 Å². The summed E-state index contributed by atoms with van der Waals surface area (Å²) in [7, 11) is -3.64. The fraction of sp³-hybridized carbons (Fsp3) is 0.562. The molecule has 1 fully saturated rings. The maximum Gasteiger partial charge on any atom is 0.254 e. The van der Waals surface area contributed by atoms with Crippen LogP contribution in [0, 0.1) is 5.41 Å². The topological polar surface area (TPSA) is 96.4 Å². The van der Waals surface area contributed by atoms with Crippen LogP contribution >= 0.6 is 11.6 Å². The van der Waals surface area contributed by atoms with Gasteiger partial charge in [-0.3, -0.25) is 14.3 Å². The summed E-state index contributed by atoms with van der Waals surface area (Å²) in [5, 5.41) is 0.217. The van der Waals surface area contributed by atoms with Crippen molar-refractivity contribution >= 4 is 33.4 Å². The van der Waals surface area contributed by atoms with E-state index >= 15 is 0 Å². The van der Waals surface area contributed by atoms with Crippen LogP contribution in [0.3, 0.4) is 0 Å². The fourth-order valence-corrected chi connectivity index (χ4v) is 4.24. The summed E-state index contributed by atoms with van der Waals surface area (Å²) in [5.74, 6) is -0.918. The molecule has 2 heterocycles. The Balaban J connectivity index is 2.13. The summed E-state index contributed by atoms with van der Waals surface area (Å²) in [4.78, 5) is 30.6. The Hall–Kier alpha value is -1.67. The Morgan fingerprint density at radius 1 is 1.44 bits per heavy atom. The van der Waals surface area contributed by atoms with Crippen molar-refractivity contribution in [3.8, 4) is 0 Å². The summed E-state index contributed by atoms with van der Waals surface area (Å²) in [6, 6.07) is 3.04. The standard InChI is InChI=1S/C16H22ClN3O4S/c1-3-9-25(23,24)19-15(22)16(2)6-4-8-20(11-16)14(21)12-5-7-18-13(17)10-12/h5,7,10H,3-4,6,8-9,11H2,1-2H3,(H,19,22). The van der Waals surface area contributed by atoms with Crippen molar-refractivity contribution in [1.29, 1.82) is 0 Å².